The van der Waals surface area contributed by atoms with Gasteiger partial charge in [-0.15, -0.1) is 0 Å². The Kier molecular flexibility index (Phi) is 22.7. The van der Waals surface area contributed by atoms with Gasteiger partial charge in [-0.2, -0.15) is 0 Å². The van der Waals surface area contributed by atoms with Crippen LogP contribution in [0, 0.1) is 0 Å². The van der Waals surface area contributed by atoms with E-state index in [4.69, 9.17) is 14.2 Å². The first-order valence-corrected chi connectivity index (χ1v) is 13.1. The number of methoxy groups -OCH3 is 2. The molecular weight excluding hydrogens is 418 g/mol. The summed E-state index contributed by atoms with van der Waals surface area (Å²) in [5.74, 6) is -0.438. The van der Waals surface area contributed by atoms with Crippen LogP contribution in [0.25, 0.3) is 0 Å². The Balaban J connectivity index is 3.79. The molecule has 0 bridgehead atoms. The van der Waals surface area contributed by atoms with Gasteiger partial charge in [0.25, 0.3) is 0 Å². The van der Waals surface area contributed by atoms with Gasteiger partial charge in [-0.1, -0.05) is 89.7 Å². The molecule has 0 aliphatic heterocycles. The number of hydrogen-bond donors (Lipinski definition) is 1. The highest BCUT2D eigenvalue weighted by atomic mass is 16.5. The molecule has 0 radical (unpaired) electrons. The van der Waals surface area contributed by atoms with Gasteiger partial charge in [0.05, 0.1) is 18.8 Å². The van der Waals surface area contributed by atoms with E-state index in [1.165, 1.54) is 77.6 Å². The van der Waals surface area contributed by atoms with E-state index in [2.05, 4.69) is 18.3 Å². The van der Waals surface area contributed by atoms with Crippen molar-refractivity contribution in [3.63, 3.8) is 0 Å². The Morgan fingerprint density at radius 2 is 1.45 bits per heavy atom. The molecule has 194 valence electrons. The van der Waals surface area contributed by atoms with Crippen LogP contribution in [0.3, 0.4) is 0 Å². The van der Waals surface area contributed by atoms with Gasteiger partial charge in [-0.3, -0.25) is 9.59 Å². The van der Waals surface area contributed by atoms with Crippen molar-refractivity contribution in [3.05, 3.63) is 12.2 Å². The first-order valence-electron chi connectivity index (χ1n) is 13.1. The summed E-state index contributed by atoms with van der Waals surface area (Å²) in [6, 6.07) is -0.320. The minimum atomic E-state index is -0.367. The average Bonchev–Trinajstić information content (AvgIpc) is 2.79. The first-order chi connectivity index (χ1) is 16.0. The fourth-order valence-electron chi connectivity index (χ4n) is 3.80. The monoisotopic (exact) mass is 469 g/mol. The third-order valence-electron chi connectivity index (χ3n) is 5.79. The van der Waals surface area contributed by atoms with Gasteiger partial charge in [0.15, 0.2) is 0 Å². The van der Waals surface area contributed by atoms with Crippen molar-refractivity contribution in [2.75, 3.05) is 27.4 Å². The van der Waals surface area contributed by atoms with Crippen LogP contribution in [-0.2, 0) is 23.8 Å². The highest BCUT2D eigenvalue weighted by Crippen LogP contribution is 2.14. The second-order valence-corrected chi connectivity index (χ2v) is 8.95. The van der Waals surface area contributed by atoms with Gasteiger partial charge in [0.2, 0.25) is 5.91 Å². The molecule has 0 fully saturated rings. The van der Waals surface area contributed by atoms with Crippen LogP contribution in [0.1, 0.15) is 110 Å². The number of nitrogens with one attached hydrogen (secondary N) is 1. The molecule has 0 aromatic rings. The number of hydrogen-bond acceptors (Lipinski definition) is 5. The average molecular weight is 470 g/mol. The first kappa shape index (κ1) is 31.6. The maximum atomic E-state index is 12.1. The van der Waals surface area contributed by atoms with E-state index >= 15 is 0 Å². The number of ether oxygens (including phenoxy) is 3. The molecule has 0 spiro atoms. The van der Waals surface area contributed by atoms with Gasteiger partial charge < -0.3 is 19.5 Å². The molecular formula is C27H51NO5. The summed E-state index contributed by atoms with van der Waals surface area (Å²) in [7, 11) is 3.34. The Bertz CT molecular complexity index is 495. The summed E-state index contributed by atoms with van der Waals surface area (Å²) in [5, 5.41) is 2.85. The molecule has 0 aliphatic rings. The molecule has 0 saturated carbocycles. The number of carbonyl (C=O) groups excluding carboxylic acids is 2. The Hall–Kier alpha value is -1.40. The zero-order valence-electron chi connectivity index (χ0n) is 21.9. The van der Waals surface area contributed by atoms with Crippen LogP contribution in [0.2, 0.25) is 0 Å². The minimum Gasteiger partial charge on any atom is -0.464 e. The van der Waals surface area contributed by atoms with E-state index in [1.807, 2.05) is 6.08 Å². The predicted molar refractivity (Wildman–Crippen MR) is 135 cm³/mol. The lowest BCUT2D eigenvalue weighted by Crippen LogP contribution is -2.41. The van der Waals surface area contributed by atoms with Gasteiger partial charge in [-0.25, -0.2) is 0 Å². The standard InChI is InChI=1S/C27H51NO5/c1-5-6-7-8-9-10-11-12-13-14-16-19-26(32-4)20-17-15-18-21-27(30)28-25(22-31-3)23-33-24(2)29/h15,17,25-26H,5-14,16,18-23H2,1-4H3,(H,28,30)/b17-15+/t25-,26?/m0/s1. The Labute approximate surface area is 203 Å². The second kappa shape index (κ2) is 23.7. The van der Waals surface area contributed by atoms with Crippen molar-refractivity contribution >= 4 is 11.9 Å². The zero-order chi connectivity index (χ0) is 24.6. The molecule has 2 atom stereocenters. The van der Waals surface area contributed by atoms with Crippen molar-refractivity contribution in [1.82, 2.24) is 5.32 Å². The van der Waals surface area contributed by atoms with Crippen LogP contribution in [0.5, 0.6) is 0 Å². The largest absolute Gasteiger partial charge is 0.464 e. The molecule has 1 unspecified atom stereocenters. The molecule has 33 heavy (non-hydrogen) atoms. The highest BCUT2D eigenvalue weighted by molar-refractivity contribution is 5.76. The topological polar surface area (TPSA) is 73.9 Å². The number of rotatable bonds is 23. The summed E-state index contributed by atoms with van der Waals surface area (Å²) >= 11 is 0. The quantitative estimate of drug-likeness (QED) is 0.111. The van der Waals surface area contributed by atoms with Crippen molar-refractivity contribution in [2.45, 2.75) is 122 Å². The van der Waals surface area contributed by atoms with E-state index in [1.54, 1.807) is 14.2 Å². The van der Waals surface area contributed by atoms with E-state index in [9.17, 15) is 9.59 Å². The normalized spacial score (nSPS) is 13.2. The summed E-state index contributed by atoms with van der Waals surface area (Å²) in [5.41, 5.74) is 0. The van der Waals surface area contributed by atoms with Crippen LogP contribution in [-0.4, -0.2) is 51.5 Å². The smallest absolute Gasteiger partial charge is 0.302 e. The van der Waals surface area contributed by atoms with Crippen LogP contribution in [0.15, 0.2) is 12.2 Å². The molecule has 1 amide bonds. The maximum Gasteiger partial charge on any atom is 0.302 e. The summed E-state index contributed by atoms with van der Waals surface area (Å²) < 4.78 is 15.6. The summed E-state index contributed by atoms with van der Waals surface area (Å²) in [6.07, 6.45) is 22.4. The minimum absolute atomic E-state index is 0.0712. The highest BCUT2D eigenvalue weighted by Gasteiger charge is 2.13. The van der Waals surface area contributed by atoms with E-state index < -0.39 is 0 Å². The van der Waals surface area contributed by atoms with Gasteiger partial charge >= 0.3 is 5.97 Å². The molecule has 0 rings (SSSR count). The second-order valence-electron chi connectivity index (χ2n) is 8.95. The van der Waals surface area contributed by atoms with Crippen molar-refractivity contribution in [1.29, 1.82) is 0 Å². The lowest BCUT2D eigenvalue weighted by molar-refractivity contribution is -0.143. The molecule has 6 nitrogen and oxygen atoms in total. The molecule has 0 aromatic carbocycles. The zero-order valence-corrected chi connectivity index (χ0v) is 21.9. The molecule has 0 heterocycles. The molecule has 0 saturated heterocycles. The van der Waals surface area contributed by atoms with Gasteiger partial charge in [0.1, 0.15) is 6.61 Å². The molecule has 0 aliphatic carbocycles. The Morgan fingerprint density at radius 3 is 2.00 bits per heavy atom. The fraction of sp³-hybridized carbons (Fsp3) is 0.852. The number of allylic oxidation sites excluding steroid dienone is 1. The summed E-state index contributed by atoms with van der Waals surface area (Å²) in [6.45, 7) is 4.05. The number of esters is 1. The van der Waals surface area contributed by atoms with Gasteiger partial charge in [0, 0.05) is 27.6 Å². The third-order valence-corrected chi connectivity index (χ3v) is 5.79. The van der Waals surface area contributed by atoms with E-state index in [-0.39, 0.29) is 30.6 Å². The predicted octanol–water partition coefficient (Wildman–Crippen LogP) is 6.12. The molecule has 6 heteroatoms. The maximum absolute atomic E-state index is 12.1. The van der Waals surface area contributed by atoms with Crippen molar-refractivity contribution in [3.8, 4) is 0 Å². The fourth-order valence-corrected chi connectivity index (χ4v) is 3.80. The van der Waals surface area contributed by atoms with Crippen molar-refractivity contribution < 1.29 is 23.8 Å². The van der Waals surface area contributed by atoms with Crippen molar-refractivity contribution in [2.24, 2.45) is 0 Å². The van der Waals surface area contributed by atoms with Gasteiger partial charge in [-0.05, 0) is 19.3 Å². The molecule has 0 aromatic heterocycles. The van der Waals surface area contributed by atoms with E-state index in [0.717, 1.165) is 12.8 Å². The van der Waals surface area contributed by atoms with Crippen LogP contribution in [0.4, 0.5) is 0 Å². The third kappa shape index (κ3) is 22.2. The van der Waals surface area contributed by atoms with Crippen LogP contribution < -0.4 is 5.32 Å². The van der Waals surface area contributed by atoms with Crippen LogP contribution >= 0.6 is 0 Å². The lowest BCUT2D eigenvalue weighted by Gasteiger charge is -2.17. The number of unbranched alkanes of at least 4 members (excludes halogenated alkanes) is 10. The SMILES string of the molecule is CCCCCCCCCCCCCC(C/C=C/CCC(=O)N[C@@H](COC)COC(C)=O)OC. The van der Waals surface area contributed by atoms with E-state index in [0.29, 0.717) is 19.4 Å². The lowest BCUT2D eigenvalue weighted by atomic mass is 10.0. The molecule has 1 N–H and O–H groups in total. The number of carbonyl (C=O) groups is 2. The Morgan fingerprint density at radius 1 is 0.848 bits per heavy atom. The number of amides is 1. The summed E-state index contributed by atoms with van der Waals surface area (Å²) in [4.78, 5) is 23.0.